The molecule has 1 aromatic heterocycles. The standard InChI is InChI=1S/C17H29N3OS/c1-13-15(22-17(18)19-13)16(21)20-14-11-9-7-5-3-2-4-6-8-10-12-14/h14H,2-12H2,1H3,(H2,18,19)(H,20,21). The summed E-state index contributed by atoms with van der Waals surface area (Å²) in [6.07, 6.45) is 14.0. The normalized spacial score (nSPS) is 19.1. The lowest BCUT2D eigenvalue weighted by Gasteiger charge is -2.19. The Morgan fingerprint density at radius 2 is 1.55 bits per heavy atom. The van der Waals surface area contributed by atoms with E-state index < -0.39 is 0 Å². The van der Waals surface area contributed by atoms with Crippen LogP contribution in [0.1, 0.15) is 86.0 Å². The number of carbonyl (C=O) groups is 1. The molecule has 0 radical (unpaired) electrons. The first-order valence-corrected chi connectivity index (χ1v) is 9.52. The van der Waals surface area contributed by atoms with Gasteiger partial charge in [-0.25, -0.2) is 4.98 Å². The van der Waals surface area contributed by atoms with Gasteiger partial charge < -0.3 is 11.1 Å². The molecule has 2 rings (SSSR count). The number of aryl methyl sites for hydroxylation is 1. The highest BCUT2D eigenvalue weighted by molar-refractivity contribution is 7.17. The Balaban J connectivity index is 1.89. The third-order valence-corrected chi connectivity index (χ3v) is 5.45. The number of nitrogens with one attached hydrogen (secondary N) is 1. The topological polar surface area (TPSA) is 68.0 Å². The second-order valence-corrected chi connectivity index (χ2v) is 7.43. The minimum absolute atomic E-state index is 0.00351. The van der Waals surface area contributed by atoms with Crippen molar-refractivity contribution in [3.05, 3.63) is 10.6 Å². The van der Waals surface area contributed by atoms with E-state index in [1.54, 1.807) is 0 Å². The average Bonchev–Trinajstić information content (AvgIpc) is 2.80. The summed E-state index contributed by atoms with van der Waals surface area (Å²) in [5, 5.41) is 3.69. The van der Waals surface area contributed by atoms with Crippen molar-refractivity contribution in [2.75, 3.05) is 5.73 Å². The lowest BCUT2D eigenvalue weighted by molar-refractivity contribution is 0.0934. The molecule has 0 aliphatic heterocycles. The van der Waals surface area contributed by atoms with Gasteiger partial charge in [0.25, 0.3) is 5.91 Å². The zero-order valence-electron chi connectivity index (χ0n) is 13.7. The van der Waals surface area contributed by atoms with Gasteiger partial charge in [-0.3, -0.25) is 4.79 Å². The highest BCUT2D eigenvalue weighted by atomic mass is 32.1. The molecule has 0 saturated heterocycles. The molecule has 5 heteroatoms. The zero-order valence-corrected chi connectivity index (χ0v) is 14.5. The molecule has 3 N–H and O–H groups in total. The monoisotopic (exact) mass is 323 g/mol. The Hall–Kier alpha value is -1.10. The Bertz CT molecular complexity index is 460. The van der Waals surface area contributed by atoms with Crippen LogP contribution in [0.25, 0.3) is 0 Å². The molecule has 0 aromatic carbocycles. The van der Waals surface area contributed by atoms with E-state index in [0.717, 1.165) is 18.5 Å². The van der Waals surface area contributed by atoms with Gasteiger partial charge in [0.05, 0.1) is 5.69 Å². The Labute approximate surface area is 137 Å². The second-order valence-electron chi connectivity index (χ2n) is 6.40. The minimum Gasteiger partial charge on any atom is -0.375 e. The fourth-order valence-electron chi connectivity index (χ4n) is 3.19. The number of nitrogen functional groups attached to an aromatic ring is 1. The minimum atomic E-state index is 0.00351. The van der Waals surface area contributed by atoms with Crippen LogP contribution in [0.2, 0.25) is 0 Å². The number of rotatable bonds is 2. The molecule has 1 aliphatic rings. The van der Waals surface area contributed by atoms with Crippen LogP contribution < -0.4 is 11.1 Å². The van der Waals surface area contributed by atoms with E-state index in [-0.39, 0.29) is 5.91 Å². The van der Waals surface area contributed by atoms with Crippen LogP contribution in [0.15, 0.2) is 0 Å². The molecule has 4 nitrogen and oxygen atoms in total. The molecule has 0 bridgehead atoms. The summed E-state index contributed by atoms with van der Waals surface area (Å²) >= 11 is 1.29. The van der Waals surface area contributed by atoms with Crippen molar-refractivity contribution in [3.8, 4) is 0 Å². The van der Waals surface area contributed by atoms with Crippen molar-refractivity contribution in [2.24, 2.45) is 0 Å². The third-order valence-electron chi connectivity index (χ3n) is 4.46. The van der Waals surface area contributed by atoms with E-state index in [1.807, 2.05) is 6.92 Å². The molecule has 22 heavy (non-hydrogen) atoms. The summed E-state index contributed by atoms with van der Waals surface area (Å²) < 4.78 is 0. The summed E-state index contributed by atoms with van der Waals surface area (Å²) in [5.41, 5.74) is 6.44. The number of aromatic nitrogens is 1. The predicted octanol–water partition coefficient (Wildman–Crippen LogP) is 4.44. The molecule has 1 saturated carbocycles. The molecule has 1 aromatic rings. The summed E-state index contributed by atoms with van der Waals surface area (Å²) in [4.78, 5) is 17.2. The molecule has 0 unspecified atom stereocenters. The molecule has 0 atom stereocenters. The van der Waals surface area contributed by atoms with E-state index in [4.69, 9.17) is 5.73 Å². The number of amides is 1. The van der Waals surface area contributed by atoms with Gasteiger partial charge in [0.2, 0.25) is 0 Å². The predicted molar refractivity (Wildman–Crippen MR) is 93.3 cm³/mol. The van der Waals surface area contributed by atoms with Gasteiger partial charge in [-0.05, 0) is 19.8 Å². The first-order chi connectivity index (χ1) is 10.7. The maximum absolute atomic E-state index is 12.4. The van der Waals surface area contributed by atoms with Crippen LogP contribution in [-0.4, -0.2) is 16.9 Å². The maximum Gasteiger partial charge on any atom is 0.263 e. The van der Waals surface area contributed by atoms with E-state index in [0.29, 0.717) is 16.1 Å². The lowest BCUT2D eigenvalue weighted by atomic mass is 9.98. The van der Waals surface area contributed by atoms with Crippen molar-refractivity contribution in [1.82, 2.24) is 10.3 Å². The first-order valence-electron chi connectivity index (χ1n) is 8.70. The second kappa shape index (κ2) is 9.13. The smallest absolute Gasteiger partial charge is 0.263 e. The molecule has 1 aliphatic carbocycles. The molecule has 1 fully saturated rings. The number of thiazole rings is 1. The fraction of sp³-hybridized carbons (Fsp3) is 0.765. The summed E-state index contributed by atoms with van der Waals surface area (Å²) in [5.74, 6) is 0.00351. The van der Waals surface area contributed by atoms with Gasteiger partial charge in [-0.2, -0.15) is 0 Å². The molecule has 1 amide bonds. The molecule has 1 heterocycles. The first kappa shape index (κ1) is 17.3. The number of nitrogens with zero attached hydrogens (tertiary/aromatic N) is 1. The van der Waals surface area contributed by atoms with Gasteiger partial charge in [-0.15, -0.1) is 0 Å². The molecular weight excluding hydrogens is 294 g/mol. The van der Waals surface area contributed by atoms with Crippen molar-refractivity contribution in [1.29, 1.82) is 0 Å². The Morgan fingerprint density at radius 3 is 2.00 bits per heavy atom. The van der Waals surface area contributed by atoms with Crippen LogP contribution in [0, 0.1) is 6.92 Å². The quantitative estimate of drug-likeness (QED) is 0.845. The van der Waals surface area contributed by atoms with Gasteiger partial charge >= 0.3 is 0 Å². The van der Waals surface area contributed by atoms with Crippen LogP contribution in [0.5, 0.6) is 0 Å². The zero-order chi connectivity index (χ0) is 15.8. The third kappa shape index (κ3) is 5.59. The van der Waals surface area contributed by atoms with Crippen molar-refractivity contribution in [2.45, 2.75) is 83.6 Å². The fourth-order valence-corrected chi connectivity index (χ4v) is 3.92. The Kier molecular flexibility index (Phi) is 7.16. The van der Waals surface area contributed by atoms with Gasteiger partial charge in [0, 0.05) is 6.04 Å². The number of anilines is 1. The molecule has 124 valence electrons. The van der Waals surface area contributed by atoms with Gasteiger partial charge in [0.1, 0.15) is 4.88 Å². The Morgan fingerprint density at radius 1 is 1.05 bits per heavy atom. The number of hydrogen-bond acceptors (Lipinski definition) is 4. The van der Waals surface area contributed by atoms with E-state index in [1.165, 1.54) is 69.1 Å². The lowest BCUT2D eigenvalue weighted by Crippen LogP contribution is -2.34. The number of carbonyl (C=O) groups excluding carboxylic acids is 1. The van der Waals surface area contributed by atoms with E-state index in [9.17, 15) is 4.79 Å². The summed E-state index contributed by atoms with van der Waals surface area (Å²) in [6, 6.07) is 0.301. The van der Waals surface area contributed by atoms with Crippen LogP contribution in [-0.2, 0) is 0 Å². The molecular formula is C17H29N3OS. The van der Waals surface area contributed by atoms with E-state index >= 15 is 0 Å². The van der Waals surface area contributed by atoms with Crippen LogP contribution >= 0.6 is 11.3 Å². The van der Waals surface area contributed by atoms with Crippen molar-refractivity contribution < 1.29 is 4.79 Å². The molecule has 0 spiro atoms. The summed E-state index contributed by atoms with van der Waals surface area (Å²) in [7, 11) is 0. The highest BCUT2D eigenvalue weighted by Gasteiger charge is 2.18. The van der Waals surface area contributed by atoms with Crippen LogP contribution in [0.4, 0.5) is 5.13 Å². The van der Waals surface area contributed by atoms with Crippen molar-refractivity contribution in [3.63, 3.8) is 0 Å². The number of hydrogen-bond donors (Lipinski definition) is 2. The maximum atomic E-state index is 12.4. The van der Waals surface area contributed by atoms with Crippen molar-refractivity contribution >= 4 is 22.4 Å². The largest absolute Gasteiger partial charge is 0.375 e. The van der Waals surface area contributed by atoms with Crippen LogP contribution in [0.3, 0.4) is 0 Å². The van der Waals surface area contributed by atoms with Gasteiger partial charge in [-0.1, -0.05) is 69.1 Å². The highest BCUT2D eigenvalue weighted by Crippen LogP contribution is 2.21. The van der Waals surface area contributed by atoms with Gasteiger partial charge in [0.15, 0.2) is 5.13 Å². The van der Waals surface area contributed by atoms with E-state index in [2.05, 4.69) is 10.3 Å². The number of nitrogens with two attached hydrogens (primary N) is 1. The summed E-state index contributed by atoms with van der Waals surface area (Å²) in [6.45, 7) is 1.85. The SMILES string of the molecule is Cc1nc(N)sc1C(=O)NC1CCCCCCCCCCC1. The average molecular weight is 324 g/mol.